The summed E-state index contributed by atoms with van der Waals surface area (Å²) >= 11 is 0. The first-order valence-corrected chi connectivity index (χ1v) is 9.75. The fraction of sp³-hybridized carbons (Fsp3) is 0.333. The number of ether oxygens (including phenoxy) is 2. The van der Waals surface area contributed by atoms with Gasteiger partial charge in [0.2, 0.25) is 0 Å². The minimum atomic E-state index is -0.851. The monoisotopic (exact) mass is 378 g/mol. The Labute approximate surface area is 166 Å². The Hall–Kier alpha value is -2.88. The van der Waals surface area contributed by atoms with Gasteiger partial charge >= 0.3 is 5.97 Å². The van der Waals surface area contributed by atoms with Gasteiger partial charge in [0.05, 0.1) is 13.2 Å². The lowest BCUT2D eigenvalue weighted by molar-refractivity contribution is -0.151. The first kappa shape index (κ1) is 19.9. The lowest BCUT2D eigenvalue weighted by Crippen LogP contribution is -2.34. The van der Waals surface area contributed by atoms with Crippen LogP contribution in [0.4, 0.5) is 0 Å². The van der Waals surface area contributed by atoms with Crippen LogP contribution in [0.2, 0.25) is 0 Å². The van der Waals surface area contributed by atoms with Crippen molar-refractivity contribution in [1.29, 1.82) is 0 Å². The van der Waals surface area contributed by atoms with Crippen molar-refractivity contribution in [3.05, 3.63) is 71.3 Å². The highest BCUT2D eigenvalue weighted by molar-refractivity contribution is 6.10. The molecule has 3 rings (SSSR count). The second-order valence-electron chi connectivity index (χ2n) is 6.95. The summed E-state index contributed by atoms with van der Waals surface area (Å²) < 4.78 is 11.0. The number of hydrogen-bond donors (Lipinski definition) is 0. The molecule has 0 heterocycles. The molecule has 1 aliphatic rings. The molecule has 0 aliphatic heterocycles. The molecule has 2 aromatic carbocycles. The SMILES string of the molecule is CCOC(=O)C1C(=O)C=C(c2ccc(C)cc2)CC1c1ccccc1OCC. The van der Waals surface area contributed by atoms with Crippen molar-refractivity contribution in [3.8, 4) is 5.75 Å². The van der Waals surface area contributed by atoms with E-state index < -0.39 is 11.9 Å². The maximum Gasteiger partial charge on any atom is 0.317 e. The number of esters is 1. The van der Waals surface area contributed by atoms with Crippen molar-refractivity contribution in [3.63, 3.8) is 0 Å². The predicted octanol–water partition coefficient (Wildman–Crippen LogP) is 4.71. The molecular formula is C24H26O4. The van der Waals surface area contributed by atoms with Gasteiger partial charge in [-0.1, -0.05) is 48.0 Å². The molecule has 2 atom stereocenters. The zero-order valence-electron chi connectivity index (χ0n) is 16.6. The Morgan fingerprint density at radius 1 is 1.04 bits per heavy atom. The average molecular weight is 378 g/mol. The molecule has 0 N–H and O–H groups in total. The van der Waals surface area contributed by atoms with Gasteiger partial charge in [-0.05, 0) is 56.0 Å². The number of carbonyl (C=O) groups excluding carboxylic acids is 2. The van der Waals surface area contributed by atoms with E-state index in [0.717, 1.165) is 22.3 Å². The van der Waals surface area contributed by atoms with E-state index in [9.17, 15) is 9.59 Å². The smallest absolute Gasteiger partial charge is 0.317 e. The van der Waals surface area contributed by atoms with Crippen molar-refractivity contribution in [2.45, 2.75) is 33.1 Å². The quantitative estimate of drug-likeness (QED) is 0.539. The van der Waals surface area contributed by atoms with Crippen molar-refractivity contribution in [1.82, 2.24) is 0 Å². The van der Waals surface area contributed by atoms with Crippen LogP contribution in [0.25, 0.3) is 5.57 Å². The van der Waals surface area contributed by atoms with Gasteiger partial charge in [0, 0.05) is 5.92 Å². The molecule has 0 radical (unpaired) electrons. The van der Waals surface area contributed by atoms with E-state index in [1.165, 1.54) is 0 Å². The summed E-state index contributed by atoms with van der Waals surface area (Å²) in [7, 11) is 0. The Balaban J connectivity index is 2.05. The van der Waals surface area contributed by atoms with Gasteiger partial charge in [-0.3, -0.25) is 9.59 Å². The molecular weight excluding hydrogens is 352 g/mol. The van der Waals surface area contributed by atoms with Gasteiger partial charge in [0.25, 0.3) is 0 Å². The number of benzene rings is 2. The first-order chi connectivity index (χ1) is 13.5. The van der Waals surface area contributed by atoms with Crippen LogP contribution in [0.3, 0.4) is 0 Å². The number of allylic oxidation sites excluding steroid dienone is 2. The third kappa shape index (κ3) is 4.16. The molecule has 0 fully saturated rings. The van der Waals surface area contributed by atoms with Crippen LogP contribution in [0.15, 0.2) is 54.6 Å². The molecule has 0 spiro atoms. The Kier molecular flexibility index (Phi) is 6.30. The third-order valence-electron chi connectivity index (χ3n) is 5.05. The number of hydrogen-bond acceptors (Lipinski definition) is 4. The fourth-order valence-corrected chi connectivity index (χ4v) is 3.72. The first-order valence-electron chi connectivity index (χ1n) is 9.75. The zero-order chi connectivity index (χ0) is 20.1. The van der Waals surface area contributed by atoms with Crippen LogP contribution >= 0.6 is 0 Å². The van der Waals surface area contributed by atoms with E-state index in [0.29, 0.717) is 18.8 Å². The molecule has 0 aromatic heterocycles. The highest BCUT2D eigenvalue weighted by Crippen LogP contribution is 2.43. The maximum absolute atomic E-state index is 13.0. The minimum absolute atomic E-state index is 0.212. The average Bonchev–Trinajstić information content (AvgIpc) is 2.69. The van der Waals surface area contributed by atoms with Crippen molar-refractivity contribution < 1.29 is 19.1 Å². The molecule has 2 unspecified atom stereocenters. The topological polar surface area (TPSA) is 52.6 Å². The van der Waals surface area contributed by atoms with Crippen LogP contribution in [0, 0.1) is 12.8 Å². The van der Waals surface area contributed by atoms with E-state index >= 15 is 0 Å². The highest BCUT2D eigenvalue weighted by Gasteiger charge is 2.40. The molecule has 0 amide bonds. The van der Waals surface area contributed by atoms with Crippen LogP contribution in [0.1, 0.15) is 42.9 Å². The zero-order valence-corrected chi connectivity index (χ0v) is 16.6. The summed E-state index contributed by atoms with van der Waals surface area (Å²) in [6.07, 6.45) is 2.18. The number of para-hydroxylation sites is 1. The molecule has 146 valence electrons. The molecule has 4 heteroatoms. The van der Waals surface area contributed by atoms with Gasteiger partial charge in [-0.25, -0.2) is 0 Å². The van der Waals surface area contributed by atoms with E-state index in [2.05, 4.69) is 0 Å². The second kappa shape index (κ2) is 8.87. The molecule has 4 nitrogen and oxygen atoms in total. The van der Waals surface area contributed by atoms with Crippen LogP contribution in [-0.4, -0.2) is 25.0 Å². The molecule has 0 saturated carbocycles. The van der Waals surface area contributed by atoms with Gasteiger partial charge in [-0.2, -0.15) is 0 Å². The molecule has 28 heavy (non-hydrogen) atoms. The summed E-state index contributed by atoms with van der Waals surface area (Å²) in [6, 6.07) is 15.7. The van der Waals surface area contributed by atoms with Crippen molar-refractivity contribution in [2.75, 3.05) is 13.2 Å². The number of carbonyl (C=O) groups is 2. The van der Waals surface area contributed by atoms with E-state index in [4.69, 9.17) is 9.47 Å². The molecule has 0 saturated heterocycles. The lowest BCUT2D eigenvalue weighted by Gasteiger charge is -2.30. The Bertz CT molecular complexity index is 880. The van der Waals surface area contributed by atoms with E-state index in [-0.39, 0.29) is 18.3 Å². The number of ketones is 1. The molecule has 1 aliphatic carbocycles. The maximum atomic E-state index is 13.0. The van der Waals surface area contributed by atoms with Crippen molar-refractivity contribution >= 4 is 17.3 Å². The summed E-state index contributed by atoms with van der Waals surface area (Å²) in [5.41, 5.74) is 3.96. The van der Waals surface area contributed by atoms with E-state index in [1.807, 2.05) is 62.4 Å². The molecule has 0 bridgehead atoms. The summed E-state index contributed by atoms with van der Waals surface area (Å²) in [4.78, 5) is 25.6. The van der Waals surface area contributed by atoms with Gasteiger partial charge in [-0.15, -0.1) is 0 Å². The Morgan fingerprint density at radius 2 is 1.75 bits per heavy atom. The fourth-order valence-electron chi connectivity index (χ4n) is 3.72. The normalized spacial score (nSPS) is 19.1. The highest BCUT2D eigenvalue weighted by atomic mass is 16.5. The molecule has 2 aromatic rings. The van der Waals surface area contributed by atoms with Crippen LogP contribution in [-0.2, 0) is 14.3 Å². The minimum Gasteiger partial charge on any atom is -0.494 e. The number of rotatable bonds is 6. The standard InChI is InChI=1S/C24H26O4/c1-4-27-22-9-7-6-8-19(22)20-14-18(17-12-10-16(3)11-13-17)15-21(25)23(20)24(26)28-5-2/h6-13,15,20,23H,4-5,14H2,1-3H3. The third-order valence-corrected chi connectivity index (χ3v) is 5.05. The second-order valence-corrected chi connectivity index (χ2v) is 6.95. The van der Waals surface area contributed by atoms with Gasteiger partial charge in [0.15, 0.2) is 5.78 Å². The lowest BCUT2D eigenvalue weighted by atomic mass is 9.73. The summed E-state index contributed by atoms with van der Waals surface area (Å²) in [6.45, 7) is 6.46. The van der Waals surface area contributed by atoms with Crippen LogP contribution < -0.4 is 4.74 Å². The largest absolute Gasteiger partial charge is 0.494 e. The summed E-state index contributed by atoms with van der Waals surface area (Å²) in [5.74, 6) is -1.15. The van der Waals surface area contributed by atoms with Crippen LogP contribution in [0.5, 0.6) is 5.75 Å². The van der Waals surface area contributed by atoms with Gasteiger partial charge in [0.1, 0.15) is 11.7 Å². The van der Waals surface area contributed by atoms with Gasteiger partial charge < -0.3 is 9.47 Å². The van der Waals surface area contributed by atoms with E-state index in [1.54, 1.807) is 13.0 Å². The predicted molar refractivity (Wildman–Crippen MR) is 109 cm³/mol. The van der Waals surface area contributed by atoms with Crippen molar-refractivity contribution in [2.24, 2.45) is 5.92 Å². The Morgan fingerprint density at radius 3 is 2.43 bits per heavy atom. The summed E-state index contributed by atoms with van der Waals surface area (Å²) in [5, 5.41) is 0. The number of aryl methyl sites for hydroxylation is 1.